The predicted molar refractivity (Wildman–Crippen MR) is 148 cm³/mol. The number of carbonyl (C=O) groups excluding carboxylic acids is 2. The molecule has 3 aromatic carbocycles. The van der Waals surface area contributed by atoms with Crippen molar-refractivity contribution in [3.63, 3.8) is 0 Å². The fourth-order valence-electron chi connectivity index (χ4n) is 3.29. The Morgan fingerprint density at radius 3 is 2.27 bits per heavy atom. The Hall–Kier alpha value is -3.08. The fraction of sp³-hybridized carbons (Fsp3) is 0.192. The number of carbonyl (C=O) groups is 2. The topological polar surface area (TPSA) is 70.2 Å². The van der Waals surface area contributed by atoms with Gasteiger partial charge in [0.15, 0.2) is 10.9 Å². The zero-order valence-electron chi connectivity index (χ0n) is 19.8. The monoisotopic (exact) mass is 565 g/mol. The van der Waals surface area contributed by atoms with Crippen molar-refractivity contribution in [2.24, 2.45) is 0 Å². The highest BCUT2D eigenvalue weighted by molar-refractivity contribution is 8.00. The van der Waals surface area contributed by atoms with E-state index >= 15 is 0 Å². The number of alkyl halides is 3. The number of Topliss-reactive ketones (excluding diaryl/α,β-unsaturated/α-hetero) is 1. The number of nitrogens with one attached hydrogen (secondary N) is 3. The van der Waals surface area contributed by atoms with Crippen LogP contribution in [0.2, 0.25) is 5.02 Å². The standard InChI is InChI=1S/C26H23ClF3N3O2S2/c1-3-23(24(35)33-22-12-9-17(27)13-21(22)26(28,29)30)37-20-6-4-5-19(14-20)32-25(36)31-18-10-7-16(8-11-18)15(2)34/h4-14,23H,3H2,1-2H3,(H,33,35)(H2,31,32,36). The molecule has 0 spiro atoms. The van der Waals surface area contributed by atoms with Crippen LogP contribution in [0.15, 0.2) is 71.6 Å². The van der Waals surface area contributed by atoms with Crippen molar-refractivity contribution in [1.82, 2.24) is 0 Å². The van der Waals surface area contributed by atoms with Crippen molar-refractivity contribution in [3.05, 3.63) is 82.9 Å². The summed E-state index contributed by atoms with van der Waals surface area (Å²) in [5.74, 6) is -0.584. The molecule has 0 fully saturated rings. The van der Waals surface area contributed by atoms with Crippen molar-refractivity contribution >= 4 is 69.4 Å². The van der Waals surface area contributed by atoms with Crippen LogP contribution in [-0.4, -0.2) is 22.1 Å². The predicted octanol–water partition coefficient (Wildman–Crippen LogP) is 7.88. The molecule has 0 aliphatic rings. The number of ketones is 1. The number of benzene rings is 3. The normalized spacial score (nSPS) is 11.9. The summed E-state index contributed by atoms with van der Waals surface area (Å²) in [5, 5.41) is 8.10. The van der Waals surface area contributed by atoms with Gasteiger partial charge in [-0.15, -0.1) is 11.8 Å². The van der Waals surface area contributed by atoms with Crippen LogP contribution in [0.25, 0.3) is 0 Å². The maximum absolute atomic E-state index is 13.4. The van der Waals surface area contributed by atoms with Crippen molar-refractivity contribution in [1.29, 1.82) is 0 Å². The summed E-state index contributed by atoms with van der Waals surface area (Å²) in [6.07, 6.45) is -4.27. The number of halogens is 4. The number of thioether (sulfide) groups is 1. The first-order valence-corrected chi connectivity index (χ1v) is 12.8. The van der Waals surface area contributed by atoms with Gasteiger partial charge >= 0.3 is 6.18 Å². The maximum Gasteiger partial charge on any atom is 0.418 e. The second kappa shape index (κ2) is 12.4. The van der Waals surface area contributed by atoms with Crippen LogP contribution in [0, 0.1) is 0 Å². The van der Waals surface area contributed by atoms with Crippen molar-refractivity contribution in [3.8, 4) is 0 Å². The maximum atomic E-state index is 13.4. The van der Waals surface area contributed by atoms with E-state index in [1.807, 2.05) is 0 Å². The van der Waals surface area contributed by atoms with Crippen LogP contribution in [0.3, 0.4) is 0 Å². The highest BCUT2D eigenvalue weighted by atomic mass is 35.5. The summed E-state index contributed by atoms with van der Waals surface area (Å²) < 4.78 is 40.2. The quantitative estimate of drug-likeness (QED) is 0.147. The molecule has 11 heteroatoms. The van der Waals surface area contributed by atoms with Crippen LogP contribution >= 0.6 is 35.6 Å². The van der Waals surface area contributed by atoms with Crippen LogP contribution in [-0.2, 0) is 11.0 Å². The largest absolute Gasteiger partial charge is 0.418 e. The smallest absolute Gasteiger partial charge is 0.332 e. The molecule has 0 aromatic heterocycles. The Labute approximate surface area is 227 Å². The highest BCUT2D eigenvalue weighted by Crippen LogP contribution is 2.37. The molecule has 3 aromatic rings. The van der Waals surface area contributed by atoms with E-state index in [-0.39, 0.29) is 16.5 Å². The average Bonchev–Trinajstić information content (AvgIpc) is 2.83. The molecule has 0 heterocycles. The number of anilines is 3. The molecule has 1 amide bonds. The molecule has 0 aliphatic heterocycles. The Balaban J connectivity index is 1.65. The second-order valence-electron chi connectivity index (χ2n) is 7.93. The van der Waals surface area contributed by atoms with Crippen LogP contribution in [0.5, 0.6) is 0 Å². The summed E-state index contributed by atoms with van der Waals surface area (Å²) in [7, 11) is 0. The minimum absolute atomic E-state index is 0.0328. The third-order valence-corrected chi connectivity index (χ3v) is 6.92. The van der Waals surface area contributed by atoms with Crippen molar-refractivity contribution < 1.29 is 22.8 Å². The highest BCUT2D eigenvalue weighted by Gasteiger charge is 2.34. The first kappa shape index (κ1) is 28.5. The summed E-state index contributed by atoms with van der Waals surface area (Å²) in [5.41, 5.74) is 0.612. The lowest BCUT2D eigenvalue weighted by atomic mass is 10.1. The van der Waals surface area contributed by atoms with Crippen LogP contribution in [0.1, 0.15) is 36.2 Å². The lowest BCUT2D eigenvalue weighted by Crippen LogP contribution is -2.26. The molecule has 3 N–H and O–H groups in total. The molecule has 1 unspecified atom stereocenters. The van der Waals surface area contributed by atoms with Gasteiger partial charge in [-0.25, -0.2) is 0 Å². The number of hydrogen-bond acceptors (Lipinski definition) is 4. The number of amides is 1. The summed E-state index contributed by atoms with van der Waals surface area (Å²) in [4.78, 5) is 25.0. The van der Waals surface area contributed by atoms with Crippen molar-refractivity contribution in [2.75, 3.05) is 16.0 Å². The first-order chi connectivity index (χ1) is 17.5. The zero-order valence-corrected chi connectivity index (χ0v) is 22.2. The molecule has 0 saturated heterocycles. The minimum atomic E-state index is -4.66. The Bertz CT molecular complexity index is 1300. The SMILES string of the molecule is CCC(Sc1cccc(NC(=S)Nc2ccc(C(C)=O)cc2)c1)C(=O)Nc1ccc(Cl)cc1C(F)(F)F. The van der Waals surface area contributed by atoms with Crippen LogP contribution < -0.4 is 16.0 Å². The van der Waals surface area contributed by atoms with Gasteiger partial charge in [0.1, 0.15) is 0 Å². The molecule has 0 radical (unpaired) electrons. The molecule has 0 aliphatic carbocycles. The van der Waals surface area contributed by atoms with Gasteiger partial charge in [0, 0.05) is 26.9 Å². The molecule has 1 atom stereocenters. The van der Waals surface area contributed by atoms with Crippen molar-refractivity contribution in [2.45, 2.75) is 36.6 Å². The third-order valence-electron chi connectivity index (χ3n) is 5.13. The van der Waals surface area contributed by atoms with E-state index in [9.17, 15) is 22.8 Å². The van der Waals surface area contributed by atoms with Gasteiger partial charge < -0.3 is 16.0 Å². The molecular weight excluding hydrogens is 543 g/mol. The molecule has 0 bridgehead atoms. The number of hydrogen-bond donors (Lipinski definition) is 3. The Morgan fingerprint density at radius 1 is 0.973 bits per heavy atom. The van der Waals surface area contributed by atoms with Gasteiger partial charge in [-0.1, -0.05) is 24.6 Å². The molecule has 37 heavy (non-hydrogen) atoms. The third kappa shape index (κ3) is 8.21. The summed E-state index contributed by atoms with van der Waals surface area (Å²) >= 11 is 12.3. The summed E-state index contributed by atoms with van der Waals surface area (Å²) in [6.45, 7) is 3.27. The lowest BCUT2D eigenvalue weighted by molar-refractivity contribution is -0.137. The Kier molecular flexibility index (Phi) is 9.58. The van der Waals surface area contributed by atoms with E-state index in [0.717, 1.165) is 17.0 Å². The van der Waals surface area contributed by atoms with Crippen LogP contribution in [0.4, 0.5) is 30.2 Å². The zero-order chi connectivity index (χ0) is 27.2. The first-order valence-electron chi connectivity index (χ1n) is 11.1. The number of thiocarbonyl (C=S) groups is 1. The van der Waals surface area contributed by atoms with Gasteiger partial charge in [-0.2, -0.15) is 13.2 Å². The molecular formula is C26H23ClF3N3O2S2. The Morgan fingerprint density at radius 2 is 1.65 bits per heavy atom. The fourth-order valence-corrected chi connectivity index (χ4v) is 4.71. The van der Waals surface area contributed by atoms with E-state index in [4.69, 9.17) is 23.8 Å². The molecule has 194 valence electrons. The second-order valence-corrected chi connectivity index (χ2v) is 10.1. The summed E-state index contributed by atoms with van der Waals surface area (Å²) in [6, 6.07) is 17.3. The van der Waals surface area contributed by atoms with E-state index in [1.165, 1.54) is 24.8 Å². The van der Waals surface area contributed by atoms with Gasteiger partial charge in [0.25, 0.3) is 0 Å². The average molecular weight is 566 g/mol. The lowest BCUT2D eigenvalue weighted by Gasteiger charge is -2.18. The van der Waals surface area contributed by atoms with E-state index < -0.39 is 22.9 Å². The molecule has 3 rings (SSSR count). The van der Waals surface area contributed by atoms with E-state index in [0.29, 0.717) is 28.5 Å². The van der Waals surface area contributed by atoms with Gasteiger partial charge in [-0.05, 0) is 86.2 Å². The van der Waals surface area contributed by atoms with Gasteiger partial charge in [0.2, 0.25) is 5.91 Å². The molecule has 0 saturated carbocycles. The van der Waals surface area contributed by atoms with Gasteiger partial charge in [0.05, 0.1) is 16.5 Å². The van der Waals surface area contributed by atoms with E-state index in [1.54, 1.807) is 55.5 Å². The number of rotatable bonds is 8. The van der Waals surface area contributed by atoms with E-state index in [2.05, 4.69) is 16.0 Å². The molecule has 5 nitrogen and oxygen atoms in total. The van der Waals surface area contributed by atoms with Gasteiger partial charge in [-0.3, -0.25) is 9.59 Å². The minimum Gasteiger partial charge on any atom is -0.332 e.